The second kappa shape index (κ2) is 7.61. The molecule has 1 atom stereocenters. The molecule has 0 aromatic heterocycles. The summed E-state index contributed by atoms with van der Waals surface area (Å²) in [6, 6.07) is 14.9. The average Bonchev–Trinajstić information content (AvgIpc) is 3.35. The lowest BCUT2D eigenvalue weighted by atomic mass is 10.0. The highest BCUT2D eigenvalue weighted by Crippen LogP contribution is 2.36. The van der Waals surface area contributed by atoms with E-state index >= 15 is 0 Å². The van der Waals surface area contributed by atoms with Gasteiger partial charge in [0.15, 0.2) is 0 Å². The summed E-state index contributed by atoms with van der Waals surface area (Å²) in [4.78, 5) is 26.7. The monoisotopic (exact) mass is 383 g/mol. The Balaban J connectivity index is 1.42. The van der Waals surface area contributed by atoms with Crippen LogP contribution in [0.2, 0.25) is 5.02 Å². The minimum absolute atomic E-state index is 0.0118. The van der Waals surface area contributed by atoms with Crippen LogP contribution in [0.15, 0.2) is 48.5 Å². The van der Waals surface area contributed by atoms with Crippen molar-refractivity contribution in [1.29, 1.82) is 0 Å². The summed E-state index contributed by atoms with van der Waals surface area (Å²) in [6.07, 6.45) is 3.96. The summed E-state index contributed by atoms with van der Waals surface area (Å²) < 4.78 is 0. The molecular formula is C21H22ClN3O2. The van der Waals surface area contributed by atoms with Crippen molar-refractivity contribution in [3.8, 4) is 0 Å². The van der Waals surface area contributed by atoms with E-state index in [0.29, 0.717) is 28.9 Å². The molecule has 2 N–H and O–H groups in total. The maximum atomic E-state index is 12.8. The minimum atomic E-state index is -0.146. The molecule has 2 aromatic rings. The quantitative estimate of drug-likeness (QED) is 0.810. The van der Waals surface area contributed by atoms with Gasteiger partial charge >= 0.3 is 6.03 Å². The number of carbonyl (C=O) groups is 2. The third-order valence-corrected chi connectivity index (χ3v) is 5.43. The van der Waals surface area contributed by atoms with E-state index in [2.05, 4.69) is 10.6 Å². The molecule has 0 spiro atoms. The molecular weight excluding hydrogens is 362 g/mol. The van der Waals surface area contributed by atoms with Crippen molar-refractivity contribution < 1.29 is 9.59 Å². The first kappa shape index (κ1) is 17.9. The van der Waals surface area contributed by atoms with Crippen molar-refractivity contribution in [2.45, 2.75) is 37.8 Å². The molecule has 3 amide bonds. The molecule has 1 saturated carbocycles. The number of halogens is 1. The number of rotatable bonds is 4. The fourth-order valence-corrected chi connectivity index (χ4v) is 3.74. The second-order valence-corrected chi connectivity index (χ2v) is 7.54. The first-order valence-corrected chi connectivity index (χ1v) is 9.72. The van der Waals surface area contributed by atoms with Crippen LogP contribution in [-0.4, -0.2) is 29.4 Å². The average molecular weight is 384 g/mol. The highest BCUT2D eigenvalue weighted by atomic mass is 35.5. The third kappa shape index (κ3) is 4.08. The van der Waals surface area contributed by atoms with Gasteiger partial charge in [-0.3, -0.25) is 4.79 Å². The zero-order valence-corrected chi connectivity index (χ0v) is 15.7. The van der Waals surface area contributed by atoms with Crippen molar-refractivity contribution >= 4 is 29.2 Å². The van der Waals surface area contributed by atoms with E-state index in [1.165, 1.54) is 0 Å². The minimum Gasteiger partial charge on any atom is -0.349 e. The molecule has 1 aliphatic heterocycles. The molecule has 0 unspecified atom stereocenters. The maximum Gasteiger partial charge on any atom is 0.322 e. The van der Waals surface area contributed by atoms with Crippen molar-refractivity contribution in [2.75, 3.05) is 11.9 Å². The lowest BCUT2D eigenvalue weighted by molar-refractivity contribution is 0.0951. The summed E-state index contributed by atoms with van der Waals surface area (Å²) in [6.45, 7) is 0.698. The van der Waals surface area contributed by atoms with Gasteiger partial charge in [-0.25, -0.2) is 4.79 Å². The molecule has 0 bridgehead atoms. The molecule has 2 fully saturated rings. The summed E-state index contributed by atoms with van der Waals surface area (Å²) in [5.74, 6) is -0.0614. The fraction of sp³-hybridized carbons (Fsp3) is 0.333. The van der Waals surface area contributed by atoms with Gasteiger partial charge in [0.25, 0.3) is 5.91 Å². The normalized spacial score (nSPS) is 19.0. The van der Waals surface area contributed by atoms with Crippen LogP contribution in [0.5, 0.6) is 0 Å². The smallest absolute Gasteiger partial charge is 0.322 e. The van der Waals surface area contributed by atoms with E-state index in [1.807, 2.05) is 29.2 Å². The Morgan fingerprint density at radius 3 is 2.44 bits per heavy atom. The predicted molar refractivity (Wildman–Crippen MR) is 106 cm³/mol. The van der Waals surface area contributed by atoms with Crippen molar-refractivity contribution in [3.63, 3.8) is 0 Å². The molecule has 5 nitrogen and oxygen atoms in total. The molecule has 1 saturated heterocycles. The van der Waals surface area contributed by atoms with Gasteiger partial charge in [-0.15, -0.1) is 0 Å². The van der Waals surface area contributed by atoms with Crippen LogP contribution in [0.4, 0.5) is 10.5 Å². The Hall–Kier alpha value is -2.53. The first-order chi connectivity index (χ1) is 13.1. The molecule has 6 heteroatoms. The molecule has 2 aliphatic rings. The van der Waals surface area contributed by atoms with Crippen molar-refractivity contribution in [3.05, 3.63) is 64.7 Å². The Kier molecular flexibility index (Phi) is 5.03. The van der Waals surface area contributed by atoms with Crippen LogP contribution in [0.1, 0.15) is 47.6 Å². The number of amides is 3. The SMILES string of the molecule is O=C(NC1CC1)c1ccc(NC(=O)N2CCC[C@@H]2c2ccccc2Cl)cc1. The van der Waals surface area contributed by atoms with Crippen LogP contribution in [0.3, 0.4) is 0 Å². The molecule has 4 rings (SSSR count). The second-order valence-electron chi connectivity index (χ2n) is 7.13. The number of urea groups is 1. The van der Waals surface area contributed by atoms with E-state index < -0.39 is 0 Å². The number of benzene rings is 2. The number of carbonyl (C=O) groups excluding carboxylic acids is 2. The Bertz CT molecular complexity index is 849. The standard InChI is InChI=1S/C21H22ClN3O2/c22-18-5-2-1-4-17(18)19-6-3-13-25(19)21(27)24-16-9-7-14(8-10-16)20(26)23-15-11-12-15/h1-2,4-5,7-10,15,19H,3,6,11-13H2,(H,23,26)(H,24,27)/t19-/m1/s1. The summed E-state index contributed by atoms with van der Waals surface area (Å²) >= 11 is 6.33. The lowest BCUT2D eigenvalue weighted by Crippen LogP contribution is -2.34. The summed E-state index contributed by atoms with van der Waals surface area (Å²) in [5, 5.41) is 6.58. The van der Waals surface area contributed by atoms with Gasteiger partial charge < -0.3 is 15.5 Å². The summed E-state index contributed by atoms with van der Waals surface area (Å²) in [5.41, 5.74) is 2.27. The van der Waals surface area contributed by atoms with E-state index in [1.54, 1.807) is 24.3 Å². The van der Waals surface area contributed by atoms with Gasteiger partial charge in [0, 0.05) is 28.9 Å². The molecule has 1 heterocycles. The maximum absolute atomic E-state index is 12.8. The van der Waals surface area contributed by atoms with Crippen LogP contribution < -0.4 is 10.6 Å². The van der Waals surface area contributed by atoms with E-state index in [-0.39, 0.29) is 18.0 Å². The number of hydrogen-bond donors (Lipinski definition) is 2. The van der Waals surface area contributed by atoms with Gasteiger partial charge in [-0.2, -0.15) is 0 Å². The van der Waals surface area contributed by atoms with Crippen LogP contribution >= 0.6 is 11.6 Å². The molecule has 140 valence electrons. The largest absolute Gasteiger partial charge is 0.349 e. The summed E-state index contributed by atoms with van der Waals surface area (Å²) in [7, 11) is 0. The zero-order valence-electron chi connectivity index (χ0n) is 15.0. The number of nitrogens with zero attached hydrogens (tertiary/aromatic N) is 1. The Morgan fingerprint density at radius 1 is 1.00 bits per heavy atom. The number of likely N-dealkylation sites (tertiary alicyclic amines) is 1. The van der Waals surface area contributed by atoms with Crippen LogP contribution in [0.25, 0.3) is 0 Å². The Labute approximate surface area is 163 Å². The van der Waals surface area contributed by atoms with Gasteiger partial charge in [0.1, 0.15) is 0 Å². The van der Waals surface area contributed by atoms with Crippen molar-refractivity contribution in [1.82, 2.24) is 10.2 Å². The van der Waals surface area contributed by atoms with Gasteiger partial charge in [-0.05, 0) is 61.6 Å². The van der Waals surface area contributed by atoms with Crippen LogP contribution in [-0.2, 0) is 0 Å². The molecule has 1 aliphatic carbocycles. The van der Waals surface area contributed by atoms with Gasteiger partial charge in [0.05, 0.1) is 6.04 Å². The van der Waals surface area contributed by atoms with Gasteiger partial charge in [0.2, 0.25) is 0 Å². The van der Waals surface area contributed by atoms with E-state index in [4.69, 9.17) is 11.6 Å². The third-order valence-electron chi connectivity index (χ3n) is 5.09. The highest BCUT2D eigenvalue weighted by Gasteiger charge is 2.31. The van der Waals surface area contributed by atoms with Crippen molar-refractivity contribution in [2.24, 2.45) is 0 Å². The highest BCUT2D eigenvalue weighted by molar-refractivity contribution is 6.31. The Morgan fingerprint density at radius 2 is 1.74 bits per heavy atom. The number of anilines is 1. The topological polar surface area (TPSA) is 61.4 Å². The van der Waals surface area contributed by atoms with Gasteiger partial charge in [-0.1, -0.05) is 29.8 Å². The molecule has 0 radical (unpaired) electrons. The predicted octanol–water partition coefficient (Wildman–Crippen LogP) is 4.60. The van der Waals surface area contributed by atoms with E-state index in [0.717, 1.165) is 31.2 Å². The van der Waals surface area contributed by atoms with E-state index in [9.17, 15) is 9.59 Å². The number of nitrogens with one attached hydrogen (secondary N) is 2. The zero-order chi connectivity index (χ0) is 18.8. The molecule has 27 heavy (non-hydrogen) atoms. The lowest BCUT2D eigenvalue weighted by Gasteiger charge is -2.26. The fourth-order valence-electron chi connectivity index (χ4n) is 3.48. The first-order valence-electron chi connectivity index (χ1n) is 9.35. The van der Waals surface area contributed by atoms with Crippen LogP contribution in [0, 0.1) is 0 Å². The number of hydrogen-bond acceptors (Lipinski definition) is 2. The molecule has 2 aromatic carbocycles.